The van der Waals surface area contributed by atoms with E-state index in [0.29, 0.717) is 18.7 Å². The lowest BCUT2D eigenvalue weighted by atomic mass is 9.87. The molecule has 1 aliphatic heterocycles. The molecular formula is C35H33F3N4O4S2. The van der Waals surface area contributed by atoms with Crippen molar-refractivity contribution in [3.63, 3.8) is 0 Å². The lowest BCUT2D eigenvalue weighted by Gasteiger charge is -2.26. The van der Waals surface area contributed by atoms with Crippen molar-refractivity contribution >= 4 is 44.6 Å². The van der Waals surface area contributed by atoms with Gasteiger partial charge in [-0.15, -0.1) is 11.3 Å². The minimum absolute atomic E-state index is 0.0351. The molecule has 1 aliphatic rings. The number of rotatable bonds is 6. The van der Waals surface area contributed by atoms with E-state index in [9.17, 15) is 36.4 Å². The van der Waals surface area contributed by atoms with E-state index in [4.69, 9.17) is 0 Å². The average molecular weight is 695 g/mol. The van der Waals surface area contributed by atoms with Crippen LogP contribution in [0.15, 0.2) is 82.5 Å². The molecule has 0 aliphatic carbocycles. The number of aromatic nitrogens is 1. The number of nitrogens with one attached hydrogen (secondary N) is 1. The van der Waals surface area contributed by atoms with E-state index < -0.39 is 38.8 Å². The number of nitrogens with zero attached hydrogens (tertiary/aromatic N) is 3. The number of carbonyl (C=O) groups is 1. The maximum absolute atomic E-state index is 13.8. The fourth-order valence-corrected chi connectivity index (χ4v) is 7.98. The van der Waals surface area contributed by atoms with Crippen molar-refractivity contribution in [1.82, 2.24) is 8.87 Å². The van der Waals surface area contributed by atoms with Crippen LogP contribution in [0.1, 0.15) is 56.7 Å². The van der Waals surface area contributed by atoms with Crippen molar-refractivity contribution in [1.29, 1.82) is 5.26 Å². The maximum atomic E-state index is 13.8. The Kier molecular flexibility index (Phi) is 9.82. The third-order valence-electron chi connectivity index (χ3n) is 7.93. The van der Waals surface area contributed by atoms with Gasteiger partial charge in [0.15, 0.2) is 5.57 Å². The van der Waals surface area contributed by atoms with Crippen molar-refractivity contribution in [2.24, 2.45) is 0 Å². The summed E-state index contributed by atoms with van der Waals surface area (Å²) in [4.78, 5) is 27.4. The topological polar surface area (TPSA) is 112 Å². The zero-order valence-electron chi connectivity index (χ0n) is 26.5. The molecule has 2 heterocycles. The Morgan fingerprint density at radius 2 is 1.60 bits per heavy atom. The number of hydrogen-bond acceptors (Lipinski definition) is 6. The normalized spacial score (nSPS) is 15.6. The van der Waals surface area contributed by atoms with Gasteiger partial charge in [-0.05, 0) is 71.9 Å². The molecule has 13 heteroatoms. The van der Waals surface area contributed by atoms with Crippen LogP contribution < -0.4 is 20.1 Å². The van der Waals surface area contributed by atoms with Crippen LogP contribution in [0.5, 0.6) is 0 Å². The van der Waals surface area contributed by atoms with Crippen LogP contribution in [0, 0.1) is 11.3 Å². The second-order valence-corrected chi connectivity index (χ2v) is 15.4. The van der Waals surface area contributed by atoms with Gasteiger partial charge in [0.25, 0.3) is 11.5 Å². The molecule has 48 heavy (non-hydrogen) atoms. The number of piperidine rings is 1. The first kappa shape index (κ1) is 34.8. The zero-order valence-corrected chi connectivity index (χ0v) is 28.1. The smallest absolute Gasteiger partial charge is 0.321 e. The van der Waals surface area contributed by atoms with E-state index in [2.05, 4.69) is 26.1 Å². The molecule has 250 valence electrons. The number of anilines is 1. The van der Waals surface area contributed by atoms with Crippen LogP contribution in [0.2, 0.25) is 0 Å². The van der Waals surface area contributed by atoms with Gasteiger partial charge in [-0.1, -0.05) is 63.6 Å². The molecule has 0 radical (unpaired) electrons. The molecule has 0 bridgehead atoms. The number of carbonyl (C=O) groups excluding carboxylic acids is 1. The minimum Gasteiger partial charge on any atom is -0.321 e. The van der Waals surface area contributed by atoms with Crippen molar-refractivity contribution in [2.45, 2.75) is 56.5 Å². The molecule has 0 unspecified atom stereocenters. The van der Waals surface area contributed by atoms with Crippen molar-refractivity contribution in [3.05, 3.63) is 109 Å². The zero-order chi connectivity index (χ0) is 34.9. The SMILES string of the molecule is CC(C)(C)c1ccc(/C=c2/s/c(=C(\C#N)C(=O)Nc3cccc(S(=O)(=O)N4CCCCC4)c3)n(-c3cccc(C(F)(F)F)c3)c2=O)cc1. The Morgan fingerprint density at radius 3 is 2.23 bits per heavy atom. The van der Waals surface area contributed by atoms with Gasteiger partial charge < -0.3 is 5.32 Å². The Balaban J connectivity index is 1.63. The molecule has 1 saturated heterocycles. The van der Waals surface area contributed by atoms with Crippen LogP contribution in [0.3, 0.4) is 0 Å². The largest absolute Gasteiger partial charge is 0.416 e. The van der Waals surface area contributed by atoms with E-state index in [1.165, 1.54) is 34.6 Å². The summed E-state index contributed by atoms with van der Waals surface area (Å²) in [6.45, 7) is 6.94. The molecule has 5 rings (SSSR count). The van der Waals surface area contributed by atoms with Crippen molar-refractivity contribution in [2.75, 3.05) is 18.4 Å². The molecule has 1 fully saturated rings. The van der Waals surface area contributed by atoms with Gasteiger partial charge in [-0.3, -0.25) is 14.2 Å². The molecule has 0 spiro atoms. The van der Waals surface area contributed by atoms with E-state index in [0.717, 1.165) is 58.9 Å². The number of thiazole rings is 1. The van der Waals surface area contributed by atoms with Crippen LogP contribution in [0.4, 0.5) is 18.9 Å². The monoisotopic (exact) mass is 694 g/mol. The van der Waals surface area contributed by atoms with Gasteiger partial charge in [0.1, 0.15) is 10.7 Å². The van der Waals surface area contributed by atoms with Crippen LogP contribution in [-0.2, 0) is 26.4 Å². The molecule has 1 aromatic heterocycles. The predicted octanol–water partition coefficient (Wildman–Crippen LogP) is 5.53. The predicted molar refractivity (Wildman–Crippen MR) is 180 cm³/mol. The fourth-order valence-electron chi connectivity index (χ4n) is 5.31. The highest BCUT2D eigenvalue weighted by Gasteiger charge is 2.31. The van der Waals surface area contributed by atoms with Crippen molar-refractivity contribution in [3.8, 4) is 11.8 Å². The number of alkyl halides is 3. The summed E-state index contributed by atoms with van der Waals surface area (Å²) in [6.07, 6.45) is -0.738. The van der Waals surface area contributed by atoms with E-state index in [-0.39, 0.29) is 30.9 Å². The molecule has 4 aromatic rings. The molecule has 0 saturated carbocycles. The Labute approximate surface area is 280 Å². The summed E-state index contributed by atoms with van der Waals surface area (Å²) >= 11 is 0.787. The maximum Gasteiger partial charge on any atom is 0.416 e. The van der Waals surface area contributed by atoms with E-state index in [1.807, 2.05) is 18.2 Å². The molecule has 1 N–H and O–H groups in total. The number of halogens is 3. The average Bonchev–Trinajstić information content (AvgIpc) is 3.36. The first-order chi connectivity index (χ1) is 22.6. The van der Waals surface area contributed by atoms with Gasteiger partial charge in [-0.2, -0.15) is 22.7 Å². The van der Waals surface area contributed by atoms with Gasteiger partial charge in [-0.25, -0.2) is 8.42 Å². The third kappa shape index (κ3) is 7.46. The minimum atomic E-state index is -4.71. The molecular weight excluding hydrogens is 662 g/mol. The molecule has 1 amide bonds. The van der Waals surface area contributed by atoms with Gasteiger partial charge >= 0.3 is 6.18 Å². The number of nitriles is 1. The fraction of sp³-hybridized carbons (Fsp3) is 0.286. The van der Waals surface area contributed by atoms with Gasteiger partial charge in [0, 0.05) is 18.8 Å². The standard InChI is InChI=1S/C35H33F3N4O4S2/c1-34(2,3)24-15-13-23(14-16-24)19-30-32(44)42(27-11-7-9-25(20-27)35(36,37)38)33(47-30)29(22-39)31(43)40-26-10-8-12-28(21-26)48(45,46)41-17-5-4-6-18-41/h7-16,19-21H,4-6,17-18H2,1-3H3,(H,40,43)/b30-19+,33-29+. The summed E-state index contributed by atoms with van der Waals surface area (Å²) in [7, 11) is -3.83. The first-order valence-corrected chi connectivity index (χ1v) is 17.4. The first-order valence-electron chi connectivity index (χ1n) is 15.2. The van der Waals surface area contributed by atoms with Crippen LogP contribution in [-0.4, -0.2) is 36.3 Å². The Morgan fingerprint density at radius 1 is 0.938 bits per heavy atom. The number of amides is 1. The van der Waals surface area contributed by atoms with Crippen LogP contribution >= 0.6 is 11.3 Å². The number of sulfonamides is 1. The molecule has 8 nitrogen and oxygen atoms in total. The van der Waals surface area contributed by atoms with Crippen LogP contribution in [0.25, 0.3) is 17.3 Å². The Hall–Kier alpha value is -4.51. The van der Waals surface area contributed by atoms with E-state index in [1.54, 1.807) is 18.2 Å². The summed E-state index contributed by atoms with van der Waals surface area (Å²) in [5, 5.41) is 12.7. The van der Waals surface area contributed by atoms with Crippen molar-refractivity contribution < 1.29 is 26.4 Å². The number of benzene rings is 3. The summed E-state index contributed by atoms with van der Waals surface area (Å²) in [5.41, 5.74) is -0.796. The lowest BCUT2D eigenvalue weighted by molar-refractivity contribution is -0.137. The highest BCUT2D eigenvalue weighted by atomic mass is 32.2. The molecule has 3 aromatic carbocycles. The summed E-state index contributed by atoms with van der Waals surface area (Å²) < 4.78 is 69.7. The summed E-state index contributed by atoms with van der Waals surface area (Å²) in [5.74, 6) is -0.965. The van der Waals surface area contributed by atoms with Gasteiger partial charge in [0.2, 0.25) is 10.0 Å². The lowest BCUT2D eigenvalue weighted by Crippen LogP contribution is -2.35. The Bertz CT molecular complexity index is 2190. The quantitative estimate of drug-likeness (QED) is 0.285. The van der Waals surface area contributed by atoms with E-state index >= 15 is 0 Å². The highest BCUT2D eigenvalue weighted by Crippen LogP contribution is 2.30. The summed E-state index contributed by atoms with van der Waals surface area (Å²) in [6, 6.07) is 18.9. The second kappa shape index (κ2) is 13.5. The molecule has 0 atom stereocenters. The highest BCUT2D eigenvalue weighted by molar-refractivity contribution is 7.89. The van der Waals surface area contributed by atoms with Gasteiger partial charge in [0.05, 0.1) is 20.7 Å². The second-order valence-electron chi connectivity index (χ2n) is 12.4. The third-order valence-corrected chi connectivity index (χ3v) is 10.9. The number of hydrogen-bond donors (Lipinski definition) is 1.